The van der Waals surface area contributed by atoms with Gasteiger partial charge in [0.1, 0.15) is 0 Å². The van der Waals surface area contributed by atoms with Gasteiger partial charge in [0.05, 0.1) is 40.5 Å². The Balaban J connectivity index is 0.000000310. The predicted octanol–water partition coefficient (Wildman–Crippen LogP) is 3.24. The smallest absolute Gasteiger partial charge is 0.415 e. The van der Waals surface area contributed by atoms with Gasteiger partial charge < -0.3 is 33.7 Å². The van der Waals surface area contributed by atoms with Gasteiger partial charge >= 0.3 is 12.1 Å². The molecule has 0 saturated carbocycles. The van der Waals surface area contributed by atoms with Crippen LogP contribution in [0.3, 0.4) is 0 Å². The lowest BCUT2D eigenvalue weighted by Gasteiger charge is -2.17. The number of hydrogen-bond acceptors (Lipinski definition) is 8. The number of benzene rings is 2. The first-order valence-electron chi connectivity index (χ1n) is 10.9. The van der Waals surface area contributed by atoms with E-state index in [2.05, 4.69) is 0 Å². The number of methoxy groups -OCH3 is 3. The van der Waals surface area contributed by atoms with E-state index in [1.807, 2.05) is 25.1 Å². The zero-order valence-electron chi connectivity index (χ0n) is 20.3. The fourth-order valence-corrected chi connectivity index (χ4v) is 3.29. The van der Waals surface area contributed by atoms with Gasteiger partial charge in [-0.1, -0.05) is 12.1 Å². The second-order valence-electron chi connectivity index (χ2n) is 7.71. The Kier molecular flexibility index (Phi) is 10.5. The Morgan fingerprint density at radius 1 is 1.03 bits per heavy atom. The fraction of sp³-hybridized carbons (Fsp3) is 0.440. The van der Waals surface area contributed by atoms with Crippen LogP contribution in [0.25, 0.3) is 0 Å². The molecule has 1 fully saturated rings. The molecule has 1 aliphatic rings. The number of rotatable bonds is 8. The van der Waals surface area contributed by atoms with E-state index in [0.717, 1.165) is 17.1 Å². The van der Waals surface area contributed by atoms with Crippen LogP contribution in [-0.4, -0.2) is 70.2 Å². The first-order chi connectivity index (χ1) is 16.3. The molecule has 34 heavy (non-hydrogen) atoms. The summed E-state index contributed by atoms with van der Waals surface area (Å²) in [5, 5.41) is 8.83. The van der Waals surface area contributed by atoms with Crippen molar-refractivity contribution < 1.29 is 38.4 Å². The van der Waals surface area contributed by atoms with Crippen LogP contribution in [0.2, 0.25) is 0 Å². The molecule has 0 unspecified atom stereocenters. The first kappa shape index (κ1) is 26.8. The summed E-state index contributed by atoms with van der Waals surface area (Å²) in [6.07, 6.45) is 0.696. The summed E-state index contributed by atoms with van der Waals surface area (Å²) < 4.78 is 25.6. The van der Waals surface area contributed by atoms with Crippen LogP contribution in [0.4, 0.5) is 4.79 Å². The number of esters is 1. The molecule has 2 aromatic rings. The average Bonchev–Trinajstić information content (AvgIpc) is 3.24. The highest BCUT2D eigenvalue weighted by atomic mass is 16.6. The largest absolute Gasteiger partial charge is 0.493 e. The van der Waals surface area contributed by atoms with Crippen molar-refractivity contribution >= 4 is 12.1 Å². The maximum absolute atomic E-state index is 11.9. The standard InChI is InChI=1S/C16H21NO6.C9H12O2/c1-17(6-7-18)16(20)23-13-4-3-11(10-14(13)21-2)9-12-5-8-22-15(12)19;1-7-4-5-8(10-2)9(6-7)11-3/h3-4,10,12,18H,5-9H2,1-2H3;4-6H,1-3H3/t12-;/m0./s1. The van der Waals surface area contributed by atoms with E-state index >= 15 is 0 Å². The van der Waals surface area contributed by atoms with Gasteiger partial charge in [-0.3, -0.25) is 4.79 Å². The molecule has 0 aliphatic carbocycles. The van der Waals surface area contributed by atoms with Crippen LogP contribution >= 0.6 is 0 Å². The Morgan fingerprint density at radius 3 is 2.26 bits per heavy atom. The van der Waals surface area contributed by atoms with E-state index in [-0.39, 0.29) is 25.0 Å². The molecule has 1 atom stereocenters. The SMILES string of the molecule is COc1cc(C[C@@H]2CCOC2=O)ccc1OC(=O)N(C)CCO.COc1ccc(C)cc1OC. The van der Waals surface area contributed by atoms with Gasteiger partial charge in [-0.05, 0) is 55.2 Å². The lowest BCUT2D eigenvalue weighted by atomic mass is 9.98. The number of carbonyl (C=O) groups is 2. The lowest BCUT2D eigenvalue weighted by Crippen LogP contribution is -2.32. The summed E-state index contributed by atoms with van der Waals surface area (Å²) in [6, 6.07) is 11.0. The molecule has 1 N–H and O–H groups in total. The minimum absolute atomic E-state index is 0.135. The molecule has 2 aromatic carbocycles. The number of amides is 1. The number of carbonyl (C=O) groups excluding carboxylic acids is 2. The van der Waals surface area contributed by atoms with E-state index in [4.69, 9.17) is 28.8 Å². The van der Waals surface area contributed by atoms with Gasteiger partial charge in [-0.2, -0.15) is 0 Å². The second kappa shape index (κ2) is 13.3. The van der Waals surface area contributed by atoms with E-state index in [9.17, 15) is 9.59 Å². The van der Waals surface area contributed by atoms with Gasteiger partial charge in [0, 0.05) is 13.6 Å². The molecule has 1 amide bonds. The zero-order valence-corrected chi connectivity index (χ0v) is 20.3. The molecule has 0 bridgehead atoms. The molecule has 1 aliphatic heterocycles. The van der Waals surface area contributed by atoms with Crippen molar-refractivity contribution in [1.29, 1.82) is 0 Å². The van der Waals surface area contributed by atoms with Crippen molar-refractivity contribution in [3.63, 3.8) is 0 Å². The summed E-state index contributed by atoms with van der Waals surface area (Å²) >= 11 is 0. The van der Waals surface area contributed by atoms with Crippen LogP contribution in [0, 0.1) is 12.8 Å². The summed E-state index contributed by atoms with van der Waals surface area (Å²) in [5.74, 6) is 1.96. The highest BCUT2D eigenvalue weighted by Gasteiger charge is 2.27. The normalized spacial score (nSPS) is 14.4. The van der Waals surface area contributed by atoms with Gasteiger partial charge in [-0.15, -0.1) is 0 Å². The Bertz CT molecular complexity index is 962. The lowest BCUT2D eigenvalue weighted by molar-refractivity contribution is -0.141. The Hall–Kier alpha value is -3.46. The van der Waals surface area contributed by atoms with E-state index in [1.165, 1.54) is 24.6 Å². The molecule has 1 saturated heterocycles. The highest BCUT2D eigenvalue weighted by molar-refractivity contribution is 5.74. The van der Waals surface area contributed by atoms with Crippen LogP contribution < -0.4 is 18.9 Å². The molecule has 1 heterocycles. The molecule has 186 valence electrons. The molecule has 9 nitrogen and oxygen atoms in total. The molecule has 3 rings (SSSR count). The Labute approximate surface area is 200 Å². The molecule has 9 heteroatoms. The predicted molar refractivity (Wildman–Crippen MR) is 126 cm³/mol. The average molecular weight is 476 g/mol. The molecule has 0 radical (unpaired) electrons. The van der Waals surface area contributed by atoms with Crippen molar-refractivity contribution in [3.8, 4) is 23.0 Å². The van der Waals surface area contributed by atoms with Crippen molar-refractivity contribution in [2.45, 2.75) is 19.8 Å². The highest BCUT2D eigenvalue weighted by Crippen LogP contribution is 2.31. The maximum atomic E-state index is 11.9. The number of aryl methyl sites for hydroxylation is 1. The van der Waals surface area contributed by atoms with Crippen LogP contribution in [0.15, 0.2) is 36.4 Å². The molecular weight excluding hydrogens is 442 g/mol. The monoisotopic (exact) mass is 475 g/mol. The van der Waals surface area contributed by atoms with E-state index < -0.39 is 6.09 Å². The van der Waals surface area contributed by atoms with Crippen LogP contribution in [-0.2, 0) is 16.0 Å². The topological polar surface area (TPSA) is 104 Å². The molecular formula is C25H33NO8. The summed E-state index contributed by atoms with van der Waals surface area (Å²) in [6.45, 7) is 2.53. The summed E-state index contributed by atoms with van der Waals surface area (Å²) in [4.78, 5) is 24.7. The third-order valence-electron chi connectivity index (χ3n) is 5.24. The quantitative estimate of drug-likeness (QED) is 0.581. The van der Waals surface area contributed by atoms with Gasteiger partial charge in [0.25, 0.3) is 0 Å². The number of ether oxygens (including phenoxy) is 5. The number of nitrogens with zero attached hydrogens (tertiary/aromatic N) is 1. The van der Waals surface area contributed by atoms with Crippen molar-refractivity contribution in [3.05, 3.63) is 47.5 Å². The van der Waals surface area contributed by atoms with Gasteiger partial charge in [0.2, 0.25) is 0 Å². The molecule has 0 aromatic heterocycles. The first-order valence-corrected chi connectivity index (χ1v) is 10.9. The number of hydrogen-bond donors (Lipinski definition) is 1. The summed E-state index contributed by atoms with van der Waals surface area (Å²) in [7, 11) is 6.29. The van der Waals surface area contributed by atoms with Gasteiger partial charge in [0.15, 0.2) is 23.0 Å². The minimum atomic E-state index is -0.579. The summed E-state index contributed by atoms with van der Waals surface area (Å²) in [5.41, 5.74) is 2.08. The number of aliphatic hydroxyl groups is 1. The second-order valence-corrected chi connectivity index (χ2v) is 7.71. The number of likely N-dealkylation sites (N-methyl/N-ethyl adjacent to an activating group) is 1. The zero-order chi connectivity index (χ0) is 25.1. The van der Waals surface area contributed by atoms with Crippen molar-refractivity contribution in [2.24, 2.45) is 5.92 Å². The van der Waals surface area contributed by atoms with Crippen LogP contribution in [0.1, 0.15) is 17.5 Å². The number of cyclic esters (lactones) is 1. The van der Waals surface area contributed by atoms with Gasteiger partial charge in [-0.25, -0.2) is 4.79 Å². The molecule has 0 spiro atoms. The fourth-order valence-electron chi connectivity index (χ4n) is 3.29. The van der Waals surface area contributed by atoms with Crippen molar-refractivity contribution in [2.75, 3.05) is 48.1 Å². The third-order valence-corrected chi connectivity index (χ3v) is 5.24. The van der Waals surface area contributed by atoms with Crippen LogP contribution in [0.5, 0.6) is 23.0 Å². The maximum Gasteiger partial charge on any atom is 0.415 e. The van der Waals surface area contributed by atoms with E-state index in [1.54, 1.807) is 32.4 Å². The van der Waals surface area contributed by atoms with E-state index in [0.29, 0.717) is 30.9 Å². The van der Waals surface area contributed by atoms with Crippen molar-refractivity contribution in [1.82, 2.24) is 4.90 Å². The Morgan fingerprint density at radius 2 is 1.68 bits per heavy atom. The number of aliphatic hydroxyl groups excluding tert-OH is 1. The minimum Gasteiger partial charge on any atom is -0.493 e. The third kappa shape index (κ3) is 7.55.